The third-order valence-corrected chi connectivity index (χ3v) is 5.29. The van der Waals surface area contributed by atoms with Crippen molar-refractivity contribution in [2.24, 2.45) is 11.8 Å². The molecular formula is C20H24N2O3. The Hall–Kier alpha value is -2.43. The maximum Gasteiger partial charge on any atom is 0.339 e. The van der Waals surface area contributed by atoms with Crippen LogP contribution in [-0.2, 0) is 9.53 Å². The van der Waals surface area contributed by atoms with Crippen LogP contribution >= 0.6 is 0 Å². The van der Waals surface area contributed by atoms with E-state index in [1.54, 1.807) is 30.6 Å². The van der Waals surface area contributed by atoms with Crippen LogP contribution in [0.3, 0.4) is 0 Å². The first kappa shape index (κ1) is 17.4. The second-order valence-electron chi connectivity index (χ2n) is 6.92. The van der Waals surface area contributed by atoms with E-state index in [0.717, 1.165) is 23.6 Å². The minimum atomic E-state index is -0.489. The van der Waals surface area contributed by atoms with E-state index in [1.807, 2.05) is 6.07 Å². The molecule has 3 atom stereocenters. The summed E-state index contributed by atoms with van der Waals surface area (Å²) in [7, 11) is 0. The zero-order chi connectivity index (χ0) is 17.8. The number of rotatable bonds is 4. The van der Waals surface area contributed by atoms with Gasteiger partial charge in [0.25, 0.3) is 5.91 Å². The lowest BCUT2D eigenvalue weighted by atomic mass is 9.78. The summed E-state index contributed by atoms with van der Waals surface area (Å²) in [6, 6.07) is 7.31. The Bertz CT molecular complexity index is 769. The number of nitrogens with zero attached hydrogens (tertiary/aromatic N) is 1. The second kappa shape index (κ2) is 7.64. The van der Waals surface area contributed by atoms with Gasteiger partial charge in [-0.15, -0.1) is 0 Å². The van der Waals surface area contributed by atoms with Crippen molar-refractivity contribution >= 4 is 22.6 Å². The van der Waals surface area contributed by atoms with Crippen molar-refractivity contribution in [2.75, 3.05) is 6.61 Å². The van der Waals surface area contributed by atoms with Crippen LogP contribution in [0.2, 0.25) is 0 Å². The normalized spacial score (nSPS) is 23.2. The van der Waals surface area contributed by atoms with Gasteiger partial charge < -0.3 is 10.1 Å². The molecule has 25 heavy (non-hydrogen) atoms. The highest BCUT2D eigenvalue weighted by molar-refractivity contribution is 6.04. The molecule has 3 rings (SSSR count). The lowest BCUT2D eigenvalue weighted by Gasteiger charge is -2.34. The summed E-state index contributed by atoms with van der Waals surface area (Å²) in [6.07, 6.45) is 6.65. The Morgan fingerprint density at radius 3 is 2.92 bits per heavy atom. The average molecular weight is 340 g/mol. The molecule has 0 spiro atoms. The number of nitrogens with one attached hydrogen (secondary N) is 1. The van der Waals surface area contributed by atoms with Gasteiger partial charge in [0.2, 0.25) is 0 Å². The number of hydrogen-bond acceptors (Lipinski definition) is 4. The van der Waals surface area contributed by atoms with Crippen molar-refractivity contribution < 1.29 is 14.3 Å². The molecule has 1 saturated carbocycles. The van der Waals surface area contributed by atoms with E-state index in [4.69, 9.17) is 4.74 Å². The molecule has 1 fully saturated rings. The largest absolute Gasteiger partial charge is 0.452 e. The van der Waals surface area contributed by atoms with Crippen LogP contribution in [0, 0.1) is 11.8 Å². The molecular weight excluding hydrogens is 316 g/mol. The van der Waals surface area contributed by atoms with E-state index in [0.29, 0.717) is 17.4 Å². The molecule has 0 unspecified atom stereocenters. The highest BCUT2D eigenvalue weighted by Gasteiger charge is 2.28. The van der Waals surface area contributed by atoms with Crippen molar-refractivity contribution in [2.45, 2.75) is 39.2 Å². The minimum absolute atomic E-state index is 0.165. The molecule has 0 bridgehead atoms. The molecule has 1 aromatic heterocycles. The number of carbonyl (C=O) groups excluding carboxylic acids is 2. The lowest BCUT2D eigenvalue weighted by Crippen LogP contribution is -2.45. The number of ether oxygens (including phenoxy) is 1. The molecule has 2 aromatic rings. The van der Waals surface area contributed by atoms with E-state index in [1.165, 1.54) is 6.42 Å². The summed E-state index contributed by atoms with van der Waals surface area (Å²) in [6.45, 7) is 4.14. The predicted molar refractivity (Wildman–Crippen MR) is 96.1 cm³/mol. The van der Waals surface area contributed by atoms with Crippen LogP contribution in [-0.4, -0.2) is 29.5 Å². The van der Waals surface area contributed by atoms with Gasteiger partial charge in [0.15, 0.2) is 6.61 Å². The predicted octanol–water partition coefficient (Wildman–Crippen LogP) is 3.33. The fourth-order valence-electron chi connectivity index (χ4n) is 3.54. The van der Waals surface area contributed by atoms with Crippen LogP contribution in [0.5, 0.6) is 0 Å². The van der Waals surface area contributed by atoms with E-state index in [-0.39, 0.29) is 18.6 Å². The molecule has 132 valence electrons. The van der Waals surface area contributed by atoms with Gasteiger partial charge in [0, 0.05) is 23.8 Å². The van der Waals surface area contributed by atoms with Gasteiger partial charge in [-0.3, -0.25) is 9.78 Å². The molecule has 1 N–H and O–H groups in total. The van der Waals surface area contributed by atoms with Gasteiger partial charge in [-0.05, 0) is 35.8 Å². The first-order valence-corrected chi connectivity index (χ1v) is 8.85. The van der Waals surface area contributed by atoms with Gasteiger partial charge in [0.05, 0.1) is 5.56 Å². The summed E-state index contributed by atoms with van der Waals surface area (Å²) in [5.41, 5.74) is 0.451. The Balaban J connectivity index is 1.59. The number of esters is 1. The van der Waals surface area contributed by atoms with E-state index in [2.05, 4.69) is 24.1 Å². The Morgan fingerprint density at radius 1 is 1.24 bits per heavy atom. The summed E-state index contributed by atoms with van der Waals surface area (Å²) in [5.74, 6) is 0.322. The number of aromatic nitrogens is 1. The molecule has 0 aliphatic heterocycles. The monoisotopic (exact) mass is 340 g/mol. The fourth-order valence-corrected chi connectivity index (χ4v) is 3.54. The van der Waals surface area contributed by atoms with Crippen molar-refractivity contribution in [3.63, 3.8) is 0 Å². The molecule has 0 radical (unpaired) electrons. The van der Waals surface area contributed by atoms with Crippen molar-refractivity contribution in [1.29, 1.82) is 0 Å². The minimum Gasteiger partial charge on any atom is -0.452 e. The number of pyridine rings is 1. The highest BCUT2D eigenvalue weighted by Crippen LogP contribution is 2.29. The summed E-state index contributed by atoms with van der Waals surface area (Å²) >= 11 is 0. The maximum atomic E-state index is 12.3. The number of carbonyl (C=O) groups is 2. The smallest absolute Gasteiger partial charge is 0.339 e. The second-order valence-corrected chi connectivity index (χ2v) is 6.92. The topological polar surface area (TPSA) is 68.3 Å². The van der Waals surface area contributed by atoms with Crippen LogP contribution < -0.4 is 5.32 Å². The SMILES string of the molecule is C[C@H]1[C@H](C)CCC[C@H]1NC(=O)COC(=O)c1cccc2cnccc12. The summed E-state index contributed by atoms with van der Waals surface area (Å²) in [4.78, 5) is 28.6. The molecule has 1 heterocycles. The van der Waals surface area contributed by atoms with Gasteiger partial charge in [-0.1, -0.05) is 38.8 Å². The Kier molecular flexibility index (Phi) is 5.31. The molecule has 1 aliphatic rings. The third-order valence-electron chi connectivity index (χ3n) is 5.29. The number of fused-ring (bicyclic) bond motifs is 1. The van der Waals surface area contributed by atoms with Gasteiger partial charge >= 0.3 is 5.97 Å². The van der Waals surface area contributed by atoms with Crippen LogP contribution in [0.4, 0.5) is 0 Å². The Morgan fingerprint density at radius 2 is 2.08 bits per heavy atom. The first-order valence-electron chi connectivity index (χ1n) is 8.85. The third kappa shape index (κ3) is 3.98. The van der Waals surface area contributed by atoms with Gasteiger partial charge in [-0.2, -0.15) is 0 Å². The van der Waals surface area contributed by atoms with E-state index >= 15 is 0 Å². The summed E-state index contributed by atoms with van der Waals surface area (Å²) < 4.78 is 5.23. The number of benzene rings is 1. The lowest BCUT2D eigenvalue weighted by molar-refractivity contribution is -0.125. The van der Waals surface area contributed by atoms with Crippen LogP contribution in [0.1, 0.15) is 43.5 Å². The number of hydrogen-bond donors (Lipinski definition) is 1. The molecule has 1 amide bonds. The molecule has 5 heteroatoms. The summed E-state index contributed by atoms with van der Waals surface area (Å²) in [5, 5.41) is 4.66. The quantitative estimate of drug-likeness (QED) is 0.867. The molecule has 1 aromatic carbocycles. The van der Waals surface area contributed by atoms with Crippen LogP contribution in [0.25, 0.3) is 10.8 Å². The highest BCUT2D eigenvalue weighted by atomic mass is 16.5. The van der Waals surface area contributed by atoms with Crippen LogP contribution in [0.15, 0.2) is 36.7 Å². The van der Waals surface area contributed by atoms with Gasteiger partial charge in [-0.25, -0.2) is 4.79 Å². The molecule has 0 saturated heterocycles. The zero-order valence-electron chi connectivity index (χ0n) is 14.7. The maximum absolute atomic E-state index is 12.3. The van der Waals surface area contributed by atoms with E-state index < -0.39 is 5.97 Å². The molecule has 5 nitrogen and oxygen atoms in total. The average Bonchev–Trinajstić information content (AvgIpc) is 2.63. The zero-order valence-corrected chi connectivity index (χ0v) is 14.7. The number of amides is 1. The van der Waals surface area contributed by atoms with Crippen molar-refractivity contribution in [3.05, 3.63) is 42.2 Å². The van der Waals surface area contributed by atoms with Crippen molar-refractivity contribution in [1.82, 2.24) is 10.3 Å². The molecule has 1 aliphatic carbocycles. The van der Waals surface area contributed by atoms with Crippen molar-refractivity contribution in [3.8, 4) is 0 Å². The Labute approximate surface area is 147 Å². The first-order chi connectivity index (χ1) is 12.1. The van der Waals surface area contributed by atoms with Gasteiger partial charge in [0.1, 0.15) is 0 Å². The van der Waals surface area contributed by atoms with E-state index in [9.17, 15) is 9.59 Å². The standard InChI is InChI=1S/C20H24N2O3/c1-13-5-3-8-18(14(13)2)22-19(23)12-25-20(24)17-7-4-6-15-11-21-10-9-16(15)17/h4,6-7,9-11,13-14,18H,3,5,8,12H2,1-2H3,(H,22,23)/t13-,14+,18-/m1/s1. The fraction of sp³-hybridized carbons (Fsp3) is 0.450.